The number of hydrogen-bond acceptors (Lipinski definition) is 6. The van der Waals surface area contributed by atoms with Crippen LogP contribution in [0.2, 0.25) is 0 Å². The third kappa shape index (κ3) is 13.5. The van der Waals surface area contributed by atoms with Crippen molar-refractivity contribution in [1.82, 2.24) is 10.6 Å². The number of carbonyl (C=O) groups is 2. The number of nitrogens with one attached hydrogen (secondary N) is 2. The monoisotopic (exact) mass is 430 g/mol. The summed E-state index contributed by atoms with van der Waals surface area (Å²) in [4.78, 5) is 23.6. The highest BCUT2D eigenvalue weighted by molar-refractivity contribution is 7.85. The Morgan fingerprint density at radius 2 is 1.76 bits per heavy atom. The van der Waals surface area contributed by atoms with Crippen LogP contribution in [0.4, 0.5) is 9.59 Å². The quantitative estimate of drug-likeness (QED) is 0.384. The zero-order valence-electron chi connectivity index (χ0n) is 17.0. The van der Waals surface area contributed by atoms with Gasteiger partial charge in [0.15, 0.2) is 0 Å². The number of alkyl carbamates (subject to hydrolysis) is 2. The SMILES string of the molecule is CC(C)(C)OC(=O)N[C@H](CCCNC(=O)OCc1ccccc1)CCS(=O)(=O)O. The molecule has 10 heteroatoms. The van der Waals surface area contributed by atoms with Gasteiger partial charge >= 0.3 is 12.2 Å². The molecule has 0 aliphatic heterocycles. The van der Waals surface area contributed by atoms with Gasteiger partial charge in [0.1, 0.15) is 12.2 Å². The molecule has 29 heavy (non-hydrogen) atoms. The lowest BCUT2D eigenvalue weighted by Gasteiger charge is -2.23. The number of rotatable bonds is 10. The van der Waals surface area contributed by atoms with Crippen LogP contribution in [-0.2, 0) is 26.2 Å². The highest BCUT2D eigenvalue weighted by atomic mass is 32.2. The molecule has 1 aromatic carbocycles. The van der Waals surface area contributed by atoms with Crippen LogP contribution in [0.3, 0.4) is 0 Å². The van der Waals surface area contributed by atoms with E-state index >= 15 is 0 Å². The van der Waals surface area contributed by atoms with Crippen LogP contribution in [0.5, 0.6) is 0 Å². The van der Waals surface area contributed by atoms with Crippen molar-refractivity contribution in [3.8, 4) is 0 Å². The first-order valence-electron chi connectivity index (χ1n) is 9.34. The lowest BCUT2D eigenvalue weighted by Crippen LogP contribution is -2.40. The van der Waals surface area contributed by atoms with E-state index in [1.165, 1.54) is 0 Å². The molecular formula is C19H30N2O7S. The third-order valence-corrected chi connectivity index (χ3v) is 4.41. The minimum atomic E-state index is -4.15. The molecule has 9 nitrogen and oxygen atoms in total. The summed E-state index contributed by atoms with van der Waals surface area (Å²) in [7, 11) is -4.15. The molecule has 164 valence electrons. The first-order valence-corrected chi connectivity index (χ1v) is 10.9. The van der Waals surface area contributed by atoms with E-state index in [1.54, 1.807) is 20.8 Å². The fourth-order valence-electron chi connectivity index (χ4n) is 2.37. The van der Waals surface area contributed by atoms with E-state index in [1.807, 2.05) is 30.3 Å². The van der Waals surface area contributed by atoms with Crippen LogP contribution >= 0.6 is 0 Å². The second kappa shape index (κ2) is 11.6. The number of ether oxygens (including phenoxy) is 2. The predicted octanol–water partition coefficient (Wildman–Crippen LogP) is 2.86. The van der Waals surface area contributed by atoms with Crippen molar-refractivity contribution < 1.29 is 32.0 Å². The van der Waals surface area contributed by atoms with Crippen LogP contribution in [0.25, 0.3) is 0 Å². The molecule has 0 saturated heterocycles. The maximum Gasteiger partial charge on any atom is 0.407 e. The van der Waals surface area contributed by atoms with E-state index < -0.39 is 39.7 Å². The fourth-order valence-corrected chi connectivity index (χ4v) is 2.95. The highest BCUT2D eigenvalue weighted by Crippen LogP contribution is 2.09. The van der Waals surface area contributed by atoms with Crippen molar-refractivity contribution in [3.05, 3.63) is 35.9 Å². The second-order valence-electron chi connectivity index (χ2n) is 7.55. The number of amides is 2. The Hall–Kier alpha value is -2.33. The summed E-state index contributed by atoms with van der Waals surface area (Å²) in [5, 5.41) is 5.20. The van der Waals surface area contributed by atoms with Crippen molar-refractivity contribution in [2.75, 3.05) is 12.3 Å². The van der Waals surface area contributed by atoms with Gasteiger partial charge in [0, 0.05) is 12.6 Å². The van der Waals surface area contributed by atoms with Crippen LogP contribution in [0.15, 0.2) is 30.3 Å². The molecule has 0 heterocycles. The molecule has 2 amide bonds. The molecule has 0 aliphatic rings. The summed E-state index contributed by atoms with van der Waals surface area (Å²) < 4.78 is 41.2. The zero-order chi connectivity index (χ0) is 21.9. The summed E-state index contributed by atoms with van der Waals surface area (Å²) >= 11 is 0. The van der Waals surface area contributed by atoms with Crippen LogP contribution < -0.4 is 10.6 Å². The Labute approximate surface area is 171 Å². The Balaban J connectivity index is 2.39. The van der Waals surface area contributed by atoms with Crippen LogP contribution in [0.1, 0.15) is 45.6 Å². The van der Waals surface area contributed by atoms with Crippen LogP contribution in [-0.4, -0.2) is 49.1 Å². The van der Waals surface area contributed by atoms with Crippen molar-refractivity contribution in [2.24, 2.45) is 0 Å². The van der Waals surface area contributed by atoms with Crippen molar-refractivity contribution in [2.45, 2.75) is 58.3 Å². The number of benzene rings is 1. The van der Waals surface area contributed by atoms with E-state index in [4.69, 9.17) is 14.0 Å². The van der Waals surface area contributed by atoms with Gasteiger partial charge in [-0.25, -0.2) is 9.59 Å². The van der Waals surface area contributed by atoms with Gasteiger partial charge < -0.3 is 20.1 Å². The Kier molecular flexibility index (Phi) is 9.90. The molecule has 0 unspecified atom stereocenters. The molecule has 0 saturated carbocycles. The molecular weight excluding hydrogens is 400 g/mol. The summed E-state index contributed by atoms with van der Waals surface area (Å²) in [5.41, 5.74) is 0.177. The Morgan fingerprint density at radius 3 is 2.34 bits per heavy atom. The summed E-state index contributed by atoms with van der Waals surface area (Å²) in [5.74, 6) is -0.486. The minimum Gasteiger partial charge on any atom is -0.445 e. The van der Waals surface area contributed by atoms with Crippen LogP contribution in [0, 0.1) is 0 Å². The molecule has 0 radical (unpaired) electrons. The average molecular weight is 431 g/mol. The normalized spacial score (nSPS) is 12.7. The maximum atomic E-state index is 11.9. The standard InChI is InChI=1S/C19H30N2O7S/c1-19(2,3)28-18(23)21-16(11-13-29(24,25)26)10-7-12-20-17(22)27-14-15-8-5-4-6-9-15/h4-6,8-9,16H,7,10-14H2,1-3H3,(H,20,22)(H,21,23)(H,24,25,26)/t16-/m1/s1. The number of carbonyl (C=O) groups excluding carboxylic acids is 2. The average Bonchev–Trinajstić information content (AvgIpc) is 2.60. The van der Waals surface area contributed by atoms with E-state index in [0.29, 0.717) is 12.8 Å². The minimum absolute atomic E-state index is 0.0243. The molecule has 0 bridgehead atoms. The fraction of sp³-hybridized carbons (Fsp3) is 0.579. The van der Waals surface area contributed by atoms with Gasteiger partial charge in [-0.1, -0.05) is 30.3 Å². The molecule has 0 aliphatic carbocycles. The first kappa shape index (κ1) is 24.7. The van der Waals surface area contributed by atoms with E-state index in [-0.39, 0.29) is 19.6 Å². The molecule has 1 aromatic rings. The summed E-state index contributed by atoms with van der Waals surface area (Å²) in [6.07, 6.45) is -0.368. The van der Waals surface area contributed by atoms with Gasteiger partial charge in [0.25, 0.3) is 10.1 Å². The lowest BCUT2D eigenvalue weighted by atomic mass is 10.1. The van der Waals surface area contributed by atoms with Crippen molar-refractivity contribution in [1.29, 1.82) is 0 Å². The molecule has 0 spiro atoms. The molecule has 1 rings (SSSR count). The number of hydrogen-bond donors (Lipinski definition) is 3. The predicted molar refractivity (Wildman–Crippen MR) is 108 cm³/mol. The van der Waals surface area contributed by atoms with Crippen molar-refractivity contribution in [3.63, 3.8) is 0 Å². The lowest BCUT2D eigenvalue weighted by molar-refractivity contribution is 0.0499. The Morgan fingerprint density at radius 1 is 1.10 bits per heavy atom. The summed E-state index contributed by atoms with van der Waals surface area (Å²) in [6, 6.07) is 8.72. The van der Waals surface area contributed by atoms with E-state index in [0.717, 1.165) is 5.56 Å². The molecule has 3 N–H and O–H groups in total. The largest absolute Gasteiger partial charge is 0.445 e. The van der Waals surface area contributed by atoms with E-state index in [9.17, 15) is 18.0 Å². The molecule has 0 fully saturated rings. The Bertz CT molecular complexity index is 746. The van der Waals surface area contributed by atoms with Gasteiger partial charge in [-0.2, -0.15) is 8.42 Å². The van der Waals surface area contributed by atoms with E-state index in [2.05, 4.69) is 10.6 Å². The zero-order valence-corrected chi connectivity index (χ0v) is 17.8. The third-order valence-electron chi connectivity index (χ3n) is 3.66. The van der Waals surface area contributed by atoms with Gasteiger partial charge in [-0.05, 0) is 45.6 Å². The molecule has 0 aromatic heterocycles. The topological polar surface area (TPSA) is 131 Å². The van der Waals surface area contributed by atoms with Gasteiger partial charge in [0.05, 0.1) is 5.75 Å². The van der Waals surface area contributed by atoms with Gasteiger partial charge in [-0.3, -0.25) is 4.55 Å². The van der Waals surface area contributed by atoms with Crippen molar-refractivity contribution >= 4 is 22.3 Å². The summed E-state index contributed by atoms with van der Waals surface area (Å²) in [6.45, 7) is 5.58. The van der Waals surface area contributed by atoms with Gasteiger partial charge in [0.2, 0.25) is 0 Å². The smallest absolute Gasteiger partial charge is 0.407 e. The second-order valence-corrected chi connectivity index (χ2v) is 9.12. The maximum absolute atomic E-state index is 11.9. The molecule has 1 atom stereocenters. The first-order chi connectivity index (χ1) is 13.4. The highest BCUT2D eigenvalue weighted by Gasteiger charge is 2.20. The van der Waals surface area contributed by atoms with Gasteiger partial charge in [-0.15, -0.1) is 0 Å².